The molecular formula is C31H24ClN7O3S. The maximum atomic E-state index is 13.5. The monoisotopic (exact) mass is 609 g/mol. The first-order chi connectivity index (χ1) is 20.8. The molecule has 3 aromatic heterocycles. The lowest BCUT2D eigenvalue weighted by atomic mass is 10.1. The molecule has 10 nitrogen and oxygen atoms in total. The predicted molar refractivity (Wildman–Crippen MR) is 167 cm³/mol. The number of carbonyl (C=O) groups is 1. The summed E-state index contributed by atoms with van der Waals surface area (Å²) in [5, 5.41) is 14.1. The molecule has 0 saturated carbocycles. The average Bonchev–Trinajstić information content (AvgIpc) is 3.64. The Hall–Kier alpha value is -5.26. The van der Waals surface area contributed by atoms with Crippen LogP contribution in [-0.4, -0.2) is 38.5 Å². The molecule has 3 N–H and O–H groups in total. The molecule has 3 heterocycles. The lowest BCUT2D eigenvalue weighted by Crippen LogP contribution is -2.11. The topological polar surface area (TPSA) is 135 Å². The predicted octanol–water partition coefficient (Wildman–Crippen LogP) is 6.17. The third-order valence-corrected chi connectivity index (χ3v) is 8.61. The molecule has 0 aliphatic carbocycles. The highest BCUT2D eigenvalue weighted by molar-refractivity contribution is 7.90. The zero-order valence-electron chi connectivity index (χ0n) is 22.5. The molecule has 0 fully saturated rings. The van der Waals surface area contributed by atoms with Crippen LogP contribution in [-0.2, 0) is 21.2 Å². The van der Waals surface area contributed by atoms with Crippen LogP contribution in [0.5, 0.6) is 0 Å². The Morgan fingerprint density at radius 3 is 2.53 bits per heavy atom. The van der Waals surface area contributed by atoms with E-state index in [9.17, 15) is 13.2 Å². The van der Waals surface area contributed by atoms with Crippen LogP contribution in [0.4, 0.5) is 17.5 Å². The lowest BCUT2D eigenvalue weighted by Gasteiger charge is -2.07. The molecule has 0 bridgehead atoms. The van der Waals surface area contributed by atoms with E-state index < -0.39 is 10.0 Å². The molecule has 0 spiro atoms. The van der Waals surface area contributed by atoms with Gasteiger partial charge in [0.15, 0.2) is 0 Å². The second-order valence-corrected chi connectivity index (χ2v) is 11.8. The molecule has 0 atom stereocenters. The fraction of sp³-hybridized carbons (Fsp3) is 0.0323. The molecule has 0 saturated heterocycles. The van der Waals surface area contributed by atoms with Gasteiger partial charge in [0.1, 0.15) is 5.82 Å². The van der Waals surface area contributed by atoms with Gasteiger partial charge in [-0.3, -0.25) is 9.89 Å². The number of hydrogen-bond donors (Lipinski definition) is 3. The number of H-pyrrole nitrogens is 1. The van der Waals surface area contributed by atoms with Gasteiger partial charge < -0.3 is 10.6 Å². The van der Waals surface area contributed by atoms with Crippen molar-refractivity contribution in [3.8, 4) is 11.3 Å². The highest BCUT2D eigenvalue weighted by atomic mass is 35.5. The van der Waals surface area contributed by atoms with Crippen LogP contribution in [0.1, 0.15) is 11.3 Å². The minimum Gasteiger partial charge on any atom is -0.323 e. The number of anilines is 3. The van der Waals surface area contributed by atoms with E-state index in [4.69, 9.17) is 11.6 Å². The van der Waals surface area contributed by atoms with Gasteiger partial charge in [-0.1, -0.05) is 66.7 Å². The van der Waals surface area contributed by atoms with E-state index in [1.807, 2.05) is 42.5 Å². The van der Waals surface area contributed by atoms with E-state index in [1.54, 1.807) is 42.5 Å². The normalized spacial score (nSPS) is 11.4. The molecule has 214 valence electrons. The van der Waals surface area contributed by atoms with Crippen LogP contribution in [0.25, 0.3) is 22.2 Å². The van der Waals surface area contributed by atoms with Crippen molar-refractivity contribution in [1.82, 2.24) is 24.1 Å². The summed E-state index contributed by atoms with van der Waals surface area (Å²) >= 11 is 6.56. The first kappa shape index (κ1) is 27.9. The minimum atomic E-state index is -3.88. The number of halogens is 1. The van der Waals surface area contributed by atoms with Crippen molar-refractivity contribution < 1.29 is 13.2 Å². The van der Waals surface area contributed by atoms with E-state index >= 15 is 0 Å². The zero-order valence-corrected chi connectivity index (χ0v) is 24.1. The first-order valence-electron chi connectivity index (χ1n) is 13.1. The van der Waals surface area contributed by atoms with E-state index in [0.717, 1.165) is 11.3 Å². The van der Waals surface area contributed by atoms with Crippen molar-refractivity contribution in [1.29, 1.82) is 0 Å². The van der Waals surface area contributed by atoms with E-state index in [1.165, 1.54) is 22.4 Å². The molecule has 0 aliphatic rings. The number of carbonyl (C=O) groups excluding carboxylic acids is 1. The molecule has 12 heteroatoms. The SMILES string of the molecule is C=CC(=O)Nc1ccc(Cc2cc(Nc3ncc(Cl)c(-c4cn(S(=O)(=O)c5ccccc5)c5ccccc45)n3)[nH]n2)cc1. The summed E-state index contributed by atoms with van der Waals surface area (Å²) in [6, 6.07) is 24.7. The number of benzene rings is 3. The van der Waals surface area contributed by atoms with Crippen LogP contribution in [0.3, 0.4) is 0 Å². The fourth-order valence-electron chi connectivity index (χ4n) is 4.61. The van der Waals surface area contributed by atoms with Gasteiger partial charge in [-0.2, -0.15) is 5.10 Å². The molecule has 0 radical (unpaired) electrons. The molecule has 1 amide bonds. The summed E-state index contributed by atoms with van der Waals surface area (Å²) in [4.78, 5) is 20.6. The fourth-order valence-corrected chi connectivity index (χ4v) is 6.19. The van der Waals surface area contributed by atoms with Gasteiger partial charge in [-0.05, 0) is 42.0 Å². The van der Waals surface area contributed by atoms with Crippen molar-refractivity contribution in [2.24, 2.45) is 0 Å². The Bertz CT molecular complexity index is 2070. The lowest BCUT2D eigenvalue weighted by molar-refractivity contribution is -0.111. The summed E-state index contributed by atoms with van der Waals surface area (Å²) in [5.41, 5.74) is 3.87. The second-order valence-electron chi connectivity index (χ2n) is 9.53. The molecule has 6 aromatic rings. The number of hydrogen-bond acceptors (Lipinski definition) is 7. The Balaban J connectivity index is 1.26. The molecule has 0 unspecified atom stereocenters. The molecular weight excluding hydrogens is 586 g/mol. The highest BCUT2D eigenvalue weighted by Crippen LogP contribution is 2.36. The number of nitrogens with one attached hydrogen (secondary N) is 3. The summed E-state index contributed by atoms with van der Waals surface area (Å²) in [6.45, 7) is 3.45. The number of aromatic nitrogens is 5. The van der Waals surface area contributed by atoms with E-state index in [-0.39, 0.29) is 21.8 Å². The summed E-state index contributed by atoms with van der Waals surface area (Å²) in [7, 11) is -3.88. The number of nitrogens with zero attached hydrogens (tertiary/aromatic N) is 4. The Kier molecular flexibility index (Phi) is 7.49. The quantitative estimate of drug-likeness (QED) is 0.167. The average molecular weight is 610 g/mol. The van der Waals surface area contributed by atoms with Gasteiger partial charge in [0.25, 0.3) is 10.0 Å². The highest BCUT2D eigenvalue weighted by Gasteiger charge is 2.23. The van der Waals surface area contributed by atoms with Gasteiger partial charge in [-0.15, -0.1) is 0 Å². The number of para-hydroxylation sites is 1. The minimum absolute atomic E-state index is 0.170. The number of amides is 1. The molecule has 43 heavy (non-hydrogen) atoms. The smallest absolute Gasteiger partial charge is 0.268 e. The third kappa shape index (κ3) is 5.76. The van der Waals surface area contributed by atoms with Crippen molar-refractivity contribution in [2.75, 3.05) is 10.6 Å². The van der Waals surface area contributed by atoms with Crippen molar-refractivity contribution in [3.63, 3.8) is 0 Å². The van der Waals surface area contributed by atoms with Gasteiger partial charge in [0, 0.05) is 35.3 Å². The van der Waals surface area contributed by atoms with Crippen molar-refractivity contribution in [3.05, 3.63) is 126 Å². The summed E-state index contributed by atoms with van der Waals surface area (Å²) in [5.74, 6) is 0.540. The van der Waals surface area contributed by atoms with Gasteiger partial charge >= 0.3 is 0 Å². The first-order valence-corrected chi connectivity index (χ1v) is 14.9. The summed E-state index contributed by atoms with van der Waals surface area (Å²) in [6.07, 6.45) is 4.77. The number of fused-ring (bicyclic) bond motifs is 1. The number of rotatable bonds is 9. The van der Waals surface area contributed by atoms with Crippen LogP contribution in [0, 0.1) is 0 Å². The second kappa shape index (κ2) is 11.6. The molecule has 6 rings (SSSR count). The van der Waals surface area contributed by atoms with Crippen molar-refractivity contribution >= 4 is 55.9 Å². The van der Waals surface area contributed by atoms with Crippen LogP contribution < -0.4 is 10.6 Å². The molecule has 0 aliphatic heterocycles. The number of aromatic amines is 1. The standard InChI is InChI=1S/C31H24ClN7O3S/c1-2-29(40)34-21-14-12-20(13-15-21)16-22-17-28(38-37-22)35-31-33-18-26(32)30(36-31)25-19-39(27-11-7-6-10-24(25)27)43(41,42)23-8-4-3-5-9-23/h2-15,17-19H,1,16H2,(H,34,40)(H2,33,35,36,37,38). The largest absolute Gasteiger partial charge is 0.323 e. The van der Waals surface area contributed by atoms with Gasteiger partial charge in [0.2, 0.25) is 11.9 Å². The Labute approximate surface area is 252 Å². The van der Waals surface area contributed by atoms with Gasteiger partial charge in [-0.25, -0.2) is 22.4 Å². The zero-order chi connectivity index (χ0) is 30.0. The van der Waals surface area contributed by atoms with Crippen LogP contribution in [0.2, 0.25) is 5.02 Å². The molecule has 3 aromatic carbocycles. The maximum absolute atomic E-state index is 13.5. The Morgan fingerprint density at radius 2 is 1.77 bits per heavy atom. The summed E-state index contributed by atoms with van der Waals surface area (Å²) < 4.78 is 28.3. The maximum Gasteiger partial charge on any atom is 0.268 e. The van der Waals surface area contributed by atoms with E-state index in [0.29, 0.717) is 40.1 Å². The van der Waals surface area contributed by atoms with Gasteiger partial charge in [0.05, 0.1) is 33.0 Å². The Morgan fingerprint density at radius 1 is 1.02 bits per heavy atom. The third-order valence-electron chi connectivity index (χ3n) is 6.65. The van der Waals surface area contributed by atoms with Crippen LogP contribution in [0.15, 0.2) is 115 Å². The van der Waals surface area contributed by atoms with E-state index in [2.05, 4.69) is 37.4 Å². The van der Waals surface area contributed by atoms with Crippen LogP contribution >= 0.6 is 11.6 Å². The van der Waals surface area contributed by atoms with Crippen molar-refractivity contribution in [2.45, 2.75) is 11.3 Å².